The molecule has 8 rings (SSSR count). The van der Waals surface area contributed by atoms with Gasteiger partial charge in [-0.15, -0.1) is 6.58 Å². The molecule has 5 aromatic rings. The van der Waals surface area contributed by atoms with Crippen LogP contribution in [0.5, 0.6) is 11.6 Å². The van der Waals surface area contributed by atoms with E-state index in [0.717, 1.165) is 16.7 Å². The molecular weight excluding hydrogens is 873 g/mol. The first-order valence-corrected chi connectivity index (χ1v) is 23.9. The Bertz CT molecular complexity index is 2810. The van der Waals surface area contributed by atoms with Crippen LogP contribution in [-0.2, 0) is 24.4 Å². The molecule has 2 saturated carbocycles. The van der Waals surface area contributed by atoms with Crippen molar-refractivity contribution in [1.29, 1.82) is 0 Å². The van der Waals surface area contributed by atoms with E-state index in [1.54, 1.807) is 21.0 Å². The van der Waals surface area contributed by atoms with Crippen molar-refractivity contribution < 1.29 is 41.5 Å². The Balaban J connectivity index is 1.15. The zero-order chi connectivity index (χ0) is 46.7. The minimum absolute atomic E-state index is 0.0222. The first kappa shape index (κ1) is 45.5. The van der Waals surface area contributed by atoms with Crippen molar-refractivity contribution in [2.24, 2.45) is 11.3 Å². The number of carbonyl (C=O) groups is 4. The zero-order valence-electron chi connectivity index (χ0n) is 37.6. The summed E-state index contributed by atoms with van der Waals surface area (Å²) in [6.07, 6.45) is 1.62. The Kier molecular flexibility index (Phi) is 11.9. The Morgan fingerprint density at radius 3 is 2.38 bits per heavy atom. The van der Waals surface area contributed by atoms with Crippen molar-refractivity contribution in [3.8, 4) is 23.0 Å². The second kappa shape index (κ2) is 17.0. The summed E-state index contributed by atoms with van der Waals surface area (Å²) in [4.78, 5) is 74.2. The number of rotatable bonds is 15. The summed E-state index contributed by atoms with van der Waals surface area (Å²) in [7, 11) is -0.652. The monoisotopic (exact) mass is 926 g/mol. The molecule has 0 radical (unpaired) electrons. The lowest BCUT2D eigenvalue weighted by atomic mass is 9.85. The van der Waals surface area contributed by atoms with Gasteiger partial charge in [0.25, 0.3) is 17.7 Å². The van der Waals surface area contributed by atoms with Crippen LogP contribution in [0.25, 0.3) is 33.5 Å². The maximum absolute atomic E-state index is 15.1. The molecule has 2 aromatic carbocycles. The molecule has 0 bridgehead atoms. The lowest BCUT2D eigenvalue weighted by Gasteiger charge is -2.35. The van der Waals surface area contributed by atoms with E-state index in [4.69, 9.17) is 23.9 Å². The summed E-state index contributed by atoms with van der Waals surface area (Å²) in [5.74, 6) is -1.66. The number of thiazole rings is 1. The average Bonchev–Trinajstić information content (AvgIpc) is 4.11. The normalized spacial score (nSPS) is 21.2. The highest BCUT2D eigenvalue weighted by molar-refractivity contribution is 7.91. The minimum Gasteiger partial charge on any atom is -0.491 e. The van der Waals surface area contributed by atoms with Crippen molar-refractivity contribution in [1.82, 2.24) is 34.8 Å². The number of aromatic nitrogens is 3. The lowest BCUT2D eigenvalue weighted by Crippen LogP contribution is -2.58. The highest BCUT2D eigenvalue weighted by atomic mass is 32.2. The van der Waals surface area contributed by atoms with Gasteiger partial charge in [0.1, 0.15) is 45.5 Å². The van der Waals surface area contributed by atoms with Crippen LogP contribution in [0, 0.1) is 18.3 Å². The third-order valence-electron chi connectivity index (χ3n) is 11.8. The number of nitrogens with zero attached hydrogens (tertiary/aromatic N) is 5. The zero-order valence-corrected chi connectivity index (χ0v) is 39.3. The summed E-state index contributed by atoms with van der Waals surface area (Å²) in [6, 6.07) is 12.6. The van der Waals surface area contributed by atoms with E-state index < -0.39 is 68.1 Å². The van der Waals surface area contributed by atoms with Gasteiger partial charge >= 0.3 is 0 Å². The number of para-hydroxylation sites is 1. The van der Waals surface area contributed by atoms with Gasteiger partial charge in [0.2, 0.25) is 27.4 Å². The summed E-state index contributed by atoms with van der Waals surface area (Å²) < 4.78 is 46.9. The molecule has 0 unspecified atom stereocenters. The molecule has 3 aliphatic rings. The number of hydrogen-bond acceptors (Lipinski definition) is 14. The molecule has 1 saturated heterocycles. The lowest BCUT2D eigenvalue weighted by molar-refractivity contribution is -0.141. The van der Waals surface area contributed by atoms with Crippen LogP contribution in [0.4, 0.5) is 5.13 Å². The van der Waals surface area contributed by atoms with Crippen molar-refractivity contribution in [2.45, 2.75) is 102 Å². The number of carbonyl (C=O) groups excluding carboxylic acids is 4. The molecule has 3 aromatic heterocycles. The number of ether oxygens (including phenoxy) is 2. The molecule has 1 aliphatic heterocycles. The van der Waals surface area contributed by atoms with E-state index >= 15 is 4.79 Å². The summed E-state index contributed by atoms with van der Waals surface area (Å²) >= 11 is 1.13. The second-order valence-corrected chi connectivity index (χ2v) is 21.5. The van der Waals surface area contributed by atoms with E-state index in [1.165, 1.54) is 15.9 Å². The molecule has 3 fully saturated rings. The first-order valence-electron chi connectivity index (χ1n) is 21.6. The number of sulfonamides is 1. The average molecular weight is 927 g/mol. The molecule has 65 heavy (non-hydrogen) atoms. The molecule has 17 nitrogen and oxygen atoms in total. The van der Waals surface area contributed by atoms with E-state index in [9.17, 15) is 22.8 Å². The number of benzene rings is 2. The van der Waals surface area contributed by atoms with Crippen LogP contribution in [0.15, 0.2) is 65.6 Å². The van der Waals surface area contributed by atoms with Crippen LogP contribution in [-0.4, -0.2) is 113 Å². The number of aryl methyl sites for hydroxylation is 1. The van der Waals surface area contributed by atoms with E-state index in [2.05, 4.69) is 26.9 Å². The van der Waals surface area contributed by atoms with Gasteiger partial charge in [0.05, 0.1) is 23.6 Å². The fraction of sp³-hybridized carbons (Fsp3) is 0.457. The van der Waals surface area contributed by atoms with Crippen molar-refractivity contribution in [3.05, 3.63) is 71.8 Å². The third kappa shape index (κ3) is 9.12. The van der Waals surface area contributed by atoms with Gasteiger partial charge in [-0.3, -0.25) is 23.9 Å². The molecule has 2 aliphatic carbocycles. The molecule has 5 atom stereocenters. The van der Waals surface area contributed by atoms with Gasteiger partial charge in [0.15, 0.2) is 11.0 Å². The van der Waals surface area contributed by atoms with Crippen LogP contribution in [0.1, 0.15) is 75.7 Å². The summed E-state index contributed by atoms with van der Waals surface area (Å²) in [5.41, 5.74) is 0.155. The van der Waals surface area contributed by atoms with Gasteiger partial charge in [0, 0.05) is 37.4 Å². The van der Waals surface area contributed by atoms with Crippen molar-refractivity contribution in [3.63, 3.8) is 0 Å². The molecular formula is C46H54N8O9S2. The number of fused-ring (bicyclic) bond motifs is 3. The number of likely N-dealkylation sites (tertiary alicyclic amines) is 1. The molecule has 4 heterocycles. The third-order valence-corrected chi connectivity index (χ3v) is 14.7. The molecule has 344 valence electrons. The van der Waals surface area contributed by atoms with E-state index in [0.29, 0.717) is 56.8 Å². The molecule has 0 spiro atoms. The fourth-order valence-electron chi connectivity index (χ4n) is 8.08. The van der Waals surface area contributed by atoms with Crippen LogP contribution >= 0.6 is 11.3 Å². The van der Waals surface area contributed by atoms with Crippen LogP contribution in [0.2, 0.25) is 0 Å². The highest BCUT2D eigenvalue weighted by Gasteiger charge is 2.62. The molecule has 3 N–H and O–H groups in total. The Labute approximate surface area is 381 Å². The summed E-state index contributed by atoms with van der Waals surface area (Å²) in [5, 5.41) is 6.54. The number of anilines is 1. The van der Waals surface area contributed by atoms with Gasteiger partial charge in [-0.1, -0.05) is 50.3 Å². The van der Waals surface area contributed by atoms with Crippen LogP contribution in [0.3, 0.4) is 0 Å². The fourth-order valence-corrected chi connectivity index (χ4v) is 10.5. The largest absolute Gasteiger partial charge is 0.491 e. The number of hydrogen-bond donors (Lipinski definition) is 3. The first-order chi connectivity index (χ1) is 30.7. The molecule has 4 amide bonds. The number of amides is 4. The standard InChI is InChI=1S/C46H54N8O9S2/c1-10-27-22-46(27,43(58)52-65(59,60)30-19-20-30)51-39(55)32-21-29(23-54(32)42(57)37(45(5,6)7)49-44-47-25(4)36(64-44)41(56)53(8)9)62-40-35-34(31-13-11-12-14-33(31)63-35)48-38(50-40)26-15-17-28(18-16-26)61-24(2)3/h10-18,24,27,29-30,32,37H,1,19-23H2,2-9H3,(H,47,49)(H,51,55)(H,52,58)/t27-,29-,32+,37-,46-/m1/s1. The van der Waals surface area contributed by atoms with Gasteiger partial charge in [-0.05, 0) is 81.8 Å². The van der Waals surface area contributed by atoms with Crippen molar-refractivity contribution >= 4 is 72.2 Å². The van der Waals surface area contributed by atoms with E-state index in [-0.39, 0.29) is 42.9 Å². The van der Waals surface area contributed by atoms with Gasteiger partial charge in [-0.2, -0.15) is 4.98 Å². The smallest absolute Gasteiger partial charge is 0.265 e. The maximum atomic E-state index is 15.1. The molecule has 19 heteroatoms. The van der Waals surface area contributed by atoms with Gasteiger partial charge in [-0.25, -0.2) is 18.4 Å². The SMILES string of the molecule is C=C[C@@H]1C[C@]1(NC(=O)[C@@H]1C[C@@H](Oc2nc(-c3ccc(OC(C)C)cc3)nc3c2oc2ccccc23)CN1C(=O)[C@@H](Nc1nc(C)c(C(=O)N(C)C)s1)C(C)(C)C)C(=O)NS(=O)(=O)C1CC1. The highest BCUT2D eigenvalue weighted by Crippen LogP contribution is 2.46. The number of nitrogens with one attached hydrogen (secondary N) is 3. The van der Waals surface area contributed by atoms with Crippen LogP contribution < -0.4 is 24.8 Å². The van der Waals surface area contributed by atoms with Gasteiger partial charge < -0.3 is 34.3 Å². The predicted octanol–water partition coefficient (Wildman–Crippen LogP) is 5.84. The maximum Gasteiger partial charge on any atom is 0.265 e. The Hall–Kier alpha value is -6.08. The quantitative estimate of drug-likeness (QED) is 0.105. The topological polar surface area (TPSA) is 215 Å². The number of furan rings is 1. The van der Waals surface area contributed by atoms with E-state index in [1.807, 2.05) is 83.1 Å². The van der Waals surface area contributed by atoms with Crippen molar-refractivity contribution in [2.75, 3.05) is 26.0 Å². The Morgan fingerprint density at radius 1 is 1.05 bits per heavy atom. The Morgan fingerprint density at radius 2 is 1.75 bits per heavy atom. The summed E-state index contributed by atoms with van der Waals surface area (Å²) in [6.45, 7) is 15.0. The second-order valence-electron chi connectivity index (χ2n) is 18.6. The minimum atomic E-state index is -3.95. The predicted molar refractivity (Wildman–Crippen MR) is 246 cm³/mol.